The van der Waals surface area contributed by atoms with Crippen molar-refractivity contribution < 1.29 is 0 Å². The number of hydrogen-bond acceptors (Lipinski definition) is 6. The number of hydrogen-bond donors (Lipinski definition) is 0. The monoisotopic (exact) mass is 431 g/mol. The molecule has 0 aromatic carbocycles. The summed E-state index contributed by atoms with van der Waals surface area (Å²) in [6.45, 7) is 9.82. The first-order valence-electron chi connectivity index (χ1n) is 12.3. The molecule has 168 valence electrons. The van der Waals surface area contributed by atoms with Gasteiger partial charge in [0.15, 0.2) is 5.16 Å². The zero-order valence-corrected chi connectivity index (χ0v) is 19.8. The maximum Gasteiger partial charge on any atom is 0.187 e. The maximum absolute atomic E-state index is 4.52. The molecule has 2 saturated heterocycles. The molecule has 3 heterocycles. The van der Waals surface area contributed by atoms with E-state index in [0.717, 1.165) is 23.7 Å². The lowest BCUT2D eigenvalue weighted by Gasteiger charge is -2.39. The predicted molar refractivity (Wildman–Crippen MR) is 126 cm³/mol. The minimum Gasteiger partial charge on any atom is -0.302 e. The zero-order chi connectivity index (χ0) is 20.6. The van der Waals surface area contributed by atoms with Gasteiger partial charge in [-0.1, -0.05) is 31.0 Å². The normalized spacial score (nSPS) is 24.7. The molecular formula is C24H41N5S. The van der Waals surface area contributed by atoms with E-state index in [1.165, 1.54) is 109 Å². The molecule has 1 aromatic rings. The van der Waals surface area contributed by atoms with Gasteiger partial charge in [0.2, 0.25) is 0 Å². The van der Waals surface area contributed by atoms with Crippen molar-refractivity contribution in [1.82, 2.24) is 24.7 Å². The molecule has 0 spiro atoms. The standard InChI is InChI=1S/C24H41N5S/c1-30-24-25-16-22(17-26-24)19-28(15-14-27-11-5-2-6-12-27)18-21-8-7-13-29(20-21)23-9-3-4-10-23/h16-17,21,23H,2-15,18-20H2,1H3. The molecule has 4 rings (SSSR count). The van der Waals surface area contributed by atoms with Crippen LogP contribution in [0, 0.1) is 5.92 Å². The largest absolute Gasteiger partial charge is 0.302 e. The maximum atomic E-state index is 4.52. The summed E-state index contributed by atoms with van der Waals surface area (Å²) in [7, 11) is 0. The number of nitrogens with zero attached hydrogens (tertiary/aromatic N) is 5. The van der Waals surface area contributed by atoms with Gasteiger partial charge in [0.25, 0.3) is 0 Å². The fraction of sp³-hybridized carbons (Fsp3) is 0.833. The third-order valence-electron chi connectivity index (χ3n) is 7.36. The fourth-order valence-electron chi connectivity index (χ4n) is 5.70. The highest BCUT2D eigenvalue weighted by Crippen LogP contribution is 2.28. The zero-order valence-electron chi connectivity index (χ0n) is 19.0. The molecule has 1 saturated carbocycles. The molecule has 0 bridgehead atoms. The second-order valence-electron chi connectivity index (χ2n) is 9.66. The van der Waals surface area contributed by atoms with Crippen LogP contribution in [-0.2, 0) is 6.54 Å². The van der Waals surface area contributed by atoms with Crippen LogP contribution in [0.2, 0.25) is 0 Å². The molecule has 1 aliphatic carbocycles. The quantitative estimate of drug-likeness (QED) is 0.432. The topological polar surface area (TPSA) is 35.5 Å². The van der Waals surface area contributed by atoms with E-state index in [1.54, 1.807) is 11.8 Å². The van der Waals surface area contributed by atoms with Crippen molar-refractivity contribution >= 4 is 11.8 Å². The molecule has 3 fully saturated rings. The second-order valence-corrected chi connectivity index (χ2v) is 10.4. The minimum atomic E-state index is 0.812. The highest BCUT2D eigenvalue weighted by molar-refractivity contribution is 7.98. The molecule has 1 atom stereocenters. The van der Waals surface area contributed by atoms with Gasteiger partial charge in [-0.2, -0.15) is 0 Å². The van der Waals surface area contributed by atoms with Crippen LogP contribution in [0.1, 0.15) is 63.4 Å². The van der Waals surface area contributed by atoms with Crippen molar-refractivity contribution in [3.8, 4) is 0 Å². The molecule has 0 radical (unpaired) electrons. The van der Waals surface area contributed by atoms with Crippen LogP contribution in [0.5, 0.6) is 0 Å². The first-order chi connectivity index (χ1) is 14.8. The van der Waals surface area contributed by atoms with E-state index in [-0.39, 0.29) is 0 Å². The Balaban J connectivity index is 1.35. The molecule has 0 amide bonds. The number of thioether (sulfide) groups is 1. The molecular weight excluding hydrogens is 390 g/mol. The van der Waals surface area contributed by atoms with E-state index in [4.69, 9.17) is 0 Å². The van der Waals surface area contributed by atoms with Crippen LogP contribution in [0.15, 0.2) is 17.6 Å². The first-order valence-corrected chi connectivity index (χ1v) is 13.6. The number of aromatic nitrogens is 2. The Labute approximate surface area is 188 Å². The van der Waals surface area contributed by atoms with Gasteiger partial charge in [0, 0.05) is 56.7 Å². The molecule has 6 heteroatoms. The SMILES string of the molecule is CSc1ncc(CN(CCN2CCCCC2)CC2CCCN(C3CCCC3)C2)cn1. The van der Waals surface area contributed by atoms with Crippen LogP contribution >= 0.6 is 11.8 Å². The molecule has 1 aromatic heterocycles. The Bertz CT molecular complexity index is 613. The Morgan fingerprint density at radius 2 is 1.73 bits per heavy atom. The fourth-order valence-corrected chi connectivity index (χ4v) is 6.02. The van der Waals surface area contributed by atoms with Crippen molar-refractivity contribution in [2.45, 2.75) is 75.5 Å². The van der Waals surface area contributed by atoms with Crippen LogP contribution in [-0.4, -0.2) is 82.8 Å². The smallest absolute Gasteiger partial charge is 0.187 e. The lowest BCUT2D eigenvalue weighted by molar-refractivity contribution is 0.0911. The highest BCUT2D eigenvalue weighted by atomic mass is 32.2. The highest BCUT2D eigenvalue weighted by Gasteiger charge is 2.29. The van der Waals surface area contributed by atoms with Gasteiger partial charge in [0.1, 0.15) is 0 Å². The van der Waals surface area contributed by atoms with Crippen molar-refractivity contribution in [3.05, 3.63) is 18.0 Å². The summed E-state index contributed by atoms with van der Waals surface area (Å²) in [5.74, 6) is 0.812. The van der Waals surface area contributed by atoms with Gasteiger partial charge >= 0.3 is 0 Å². The lowest BCUT2D eigenvalue weighted by atomic mass is 9.95. The summed E-state index contributed by atoms with van der Waals surface area (Å²) >= 11 is 1.62. The van der Waals surface area contributed by atoms with Crippen LogP contribution < -0.4 is 0 Å². The minimum absolute atomic E-state index is 0.812. The van der Waals surface area contributed by atoms with E-state index in [2.05, 4.69) is 24.7 Å². The van der Waals surface area contributed by atoms with Gasteiger partial charge in [-0.25, -0.2) is 9.97 Å². The van der Waals surface area contributed by atoms with Crippen LogP contribution in [0.4, 0.5) is 0 Å². The number of rotatable bonds is 9. The van der Waals surface area contributed by atoms with E-state index >= 15 is 0 Å². The van der Waals surface area contributed by atoms with E-state index < -0.39 is 0 Å². The summed E-state index contributed by atoms with van der Waals surface area (Å²) in [6, 6.07) is 0.877. The molecule has 30 heavy (non-hydrogen) atoms. The summed E-state index contributed by atoms with van der Waals surface area (Å²) in [5.41, 5.74) is 1.26. The molecule has 2 aliphatic heterocycles. The van der Waals surface area contributed by atoms with E-state index in [1.807, 2.05) is 18.6 Å². The molecule has 1 unspecified atom stereocenters. The van der Waals surface area contributed by atoms with E-state index in [9.17, 15) is 0 Å². The Morgan fingerprint density at radius 1 is 0.967 bits per heavy atom. The van der Waals surface area contributed by atoms with Gasteiger partial charge in [0.05, 0.1) is 0 Å². The lowest BCUT2D eigenvalue weighted by Crippen LogP contribution is -2.46. The average molecular weight is 432 g/mol. The molecule has 5 nitrogen and oxygen atoms in total. The van der Waals surface area contributed by atoms with Crippen LogP contribution in [0.3, 0.4) is 0 Å². The van der Waals surface area contributed by atoms with Gasteiger partial charge in [-0.3, -0.25) is 4.90 Å². The number of likely N-dealkylation sites (tertiary alicyclic amines) is 2. The third-order valence-corrected chi connectivity index (χ3v) is 7.94. The van der Waals surface area contributed by atoms with Crippen molar-refractivity contribution in [2.75, 3.05) is 52.1 Å². The van der Waals surface area contributed by atoms with Gasteiger partial charge < -0.3 is 9.80 Å². The Morgan fingerprint density at radius 3 is 2.47 bits per heavy atom. The number of piperidine rings is 2. The first kappa shape index (κ1) is 22.5. The summed E-state index contributed by atoms with van der Waals surface area (Å²) in [4.78, 5) is 17.2. The van der Waals surface area contributed by atoms with Crippen molar-refractivity contribution in [2.24, 2.45) is 5.92 Å². The van der Waals surface area contributed by atoms with Crippen LogP contribution in [0.25, 0.3) is 0 Å². The third kappa shape index (κ3) is 6.65. The summed E-state index contributed by atoms with van der Waals surface area (Å²) in [5, 5.41) is 0.873. The van der Waals surface area contributed by atoms with Crippen molar-refractivity contribution in [1.29, 1.82) is 0 Å². The second kappa shape index (κ2) is 11.8. The Kier molecular flexibility index (Phi) is 8.85. The average Bonchev–Trinajstić information content (AvgIpc) is 3.34. The van der Waals surface area contributed by atoms with Crippen molar-refractivity contribution in [3.63, 3.8) is 0 Å². The van der Waals surface area contributed by atoms with E-state index in [0.29, 0.717) is 0 Å². The summed E-state index contributed by atoms with van der Waals surface area (Å²) < 4.78 is 0. The van der Waals surface area contributed by atoms with Gasteiger partial charge in [-0.15, -0.1) is 0 Å². The molecule has 0 N–H and O–H groups in total. The Hall–Kier alpha value is -0.690. The predicted octanol–water partition coefficient (Wildman–Crippen LogP) is 4.14. The molecule has 3 aliphatic rings. The summed E-state index contributed by atoms with van der Waals surface area (Å²) in [6.07, 6.45) is 18.8. The van der Waals surface area contributed by atoms with Gasteiger partial charge in [-0.05, 0) is 70.3 Å².